The van der Waals surface area contributed by atoms with Gasteiger partial charge >= 0.3 is 5.69 Å². The van der Waals surface area contributed by atoms with Crippen LogP contribution in [0.2, 0.25) is 0 Å². The Labute approximate surface area is 158 Å². The van der Waals surface area contributed by atoms with E-state index in [2.05, 4.69) is 26.2 Å². The summed E-state index contributed by atoms with van der Waals surface area (Å²) in [6.07, 6.45) is 0.717. The molecule has 3 rings (SSSR count). The van der Waals surface area contributed by atoms with E-state index in [1.54, 1.807) is 24.3 Å². The van der Waals surface area contributed by atoms with Gasteiger partial charge in [0.25, 0.3) is 5.56 Å². The number of nitrogens with one attached hydrogen (secondary N) is 2. The molecule has 0 spiro atoms. The Balaban J connectivity index is 1.86. The Morgan fingerprint density at radius 2 is 1.85 bits per heavy atom. The van der Waals surface area contributed by atoms with E-state index in [-0.39, 0.29) is 18.5 Å². The number of hydrogen-bond acceptors (Lipinski definition) is 3. The van der Waals surface area contributed by atoms with Crippen LogP contribution < -0.4 is 16.6 Å². The van der Waals surface area contributed by atoms with Crippen molar-refractivity contribution in [1.82, 2.24) is 14.9 Å². The average molecular weight is 416 g/mol. The lowest BCUT2D eigenvalue weighted by atomic mass is 10.0. The number of aromatic amines is 1. The van der Waals surface area contributed by atoms with E-state index in [0.29, 0.717) is 17.3 Å². The van der Waals surface area contributed by atoms with Gasteiger partial charge in [0, 0.05) is 4.47 Å². The van der Waals surface area contributed by atoms with Gasteiger partial charge in [-0.05, 0) is 36.2 Å². The summed E-state index contributed by atoms with van der Waals surface area (Å²) in [5.41, 5.74) is 0.375. The van der Waals surface area contributed by atoms with E-state index in [4.69, 9.17) is 0 Å². The highest BCUT2D eigenvalue weighted by atomic mass is 79.9. The van der Waals surface area contributed by atoms with Crippen molar-refractivity contribution in [3.63, 3.8) is 0 Å². The van der Waals surface area contributed by atoms with Crippen LogP contribution in [0.4, 0.5) is 0 Å². The fourth-order valence-corrected chi connectivity index (χ4v) is 3.16. The van der Waals surface area contributed by atoms with Crippen molar-refractivity contribution in [2.24, 2.45) is 0 Å². The zero-order chi connectivity index (χ0) is 18.7. The highest BCUT2D eigenvalue weighted by Gasteiger charge is 2.15. The molecule has 0 bridgehead atoms. The van der Waals surface area contributed by atoms with Gasteiger partial charge in [-0.2, -0.15) is 0 Å². The number of rotatable bonds is 5. The lowest BCUT2D eigenvalue weighted by Gasteiger charge is -2.18. The van der Waals surface area contributed by atoms with Crippen molar-refractivity contribution in [3.8, 4) is 0 Å². The van der Waals surface area contributed by atoms with E-state index < -0.39 is 11.2 Å². The third kappa shape index (κ3) is 3.77. The predicted octanol–water partition coefficient (Wildman–Crippen LogP) is 2.72. The number of carbonyl (C=O) groups excluding carboxylic acids is 1. The molecule has 2 N–H and O–H groups in total. The lowest BCUT2D eigenvalue weighted by molar-refractivity contribution is -0.122. The van der Waals surface area contributed by atoms with E-state index in [0.717, 1.165) is 10.0 Å². The van der Waals surface area contributed by atoms with Gasteiger partial charge in [-0.1, -0.05) is 47.1 Å². The quantitative estimate of drug-likeness (QED) is 0.671. The second-order valence-corrected chi connectivity index (χ2v) is 6.86. The van der Waals surface area contributed by atoms with E-state index in [1.165, 1.54) is 4.57 Å². The van der Waals surface area contributed by atoms with Gasteiger partial charge < -0.3 is 5.32 Å². The Bertz CT molecular complexity index is 1050. The van der Waals surface area contributed by atoms with Crippen LogP contribution in [0.1, 0.15) is 24.9 Å². The minimum atomic E-state index is -0.597. The van der Waals surface area contributed by atoms with Crippen molar-refractivity contribution in [2.45, 2.75) is 25.9 Å². The van der Waals surface area contributed by atoms with Gasteiger partial charge in [0.15, 0.2) is 0 Å². The van der Waals surface area contributed by atoms with Crippen molar-refractivity contribution < 1.29 is 4.79 Å². The number of benzene rings is 2. The van der Waals surface area contributed by atoms with Crippen molar-refractivity contribution in [1.29, 1.82) is 0 Å². The molecule has 0 aliphatic carbocycles. The molecule has 134 valence electrons. The summed E-state index contributed by atoms with van der Waals surface area (Å²) in [7, 11) is 0. The van der Waals surface area contributed by atoms with Gasteiger partial charge in [-0.25, -0.2) is 4.79 Å². The number of amides is 1. The second kappa shape index (κ2) is 7.70. The van der Waals surface area contributed by atoms with E-state index in [9.17, 15) is 14.4 Å². The van der Waals surface area contributed by atoms with Crippen LogP contribution in [0, 0.1) is 0 Å². The standard InChI is InChI=1S/C19H18BrN3O3/c1-2-15(12-7-9-13(20)10-8-12)21-17(24)11-23-16-6-4-3-5-14(16)18(25)22-19(23)26/h3-10,15H,2,11H2,1H3,(H,21,24)(H,22,25,26). The number of aromatic nitrogens is 2. The monoisotopic (exact) mass is 415 g/mol. The van der Waals surface area contributed by atoms with Crippen LogP contribution in [0.25, 0.3) is 10.9 Å². The van der Waals surface area contributed by atoms with E-state index in [1.807, 2.05) is 31.2 Å². The predicted molar refractivity (Wildman–Crippen MR) is 104 cm³/mol. The summed E-state index contributed by atoms with van der Waals surface area (Å²) < 4.78 is 2.24. The number of para-hydroxylation sites is 1. The molecule has 3 aromatic rings. The maximum Gasteiger partial charge on any atom is 0.329 e. The number of nitrogens with zero attached hydrogens (tertiary/aromatic N) is 1. The fraction of sp³-hybridized carbons (Fsp3) is 0.211. The average Bonchev–Trinajstić information content (AvgIpc) is 2.64. The molecule has 1 atom stereocenters. The molecular formula is C19H18BrN3O3. The first-order valence-electron chi connectivity index (χ1n) is 8.26. The third-order valence-electron chi connectivity index (χ3n) is 4.22. The van der Waals surface area contributed by atoms with Crippen LogP contribution >= 0.6 is 15.9 Å². The van der Waals surface area contributed by atoms with Gasteiger partial charge in [0.1, 0.15) is 6.54 Å². The summed E-state index contributed by atoms with van der Waals surface area (Å²) >= 11 is 3.39. The minimum Gasteiger partial charge on any atom is -0.348 e. The molecule has 0 saturated carbocycles. The molecule has 0 aliphatic rings. The fourth-order valence-electron chi connectivity index (χ4n) is 2.90. The largest absolute Gasteiger partial charge is 0.348 e. The Kier molecular flexibility index (Phi) is 5.37. The van der Waals surface area contributed by atoms with Gasteiger partial charge in [0.2, 0.25) is 5.91 Å². The molecule has 0 aliphatic heterocycles. The molecule has 0 fully saturated rings. The van der Waals surface area contributed by atoms with Crippen LogP contribution in [0.3, 0.4) is 0 Å². The van der Waals surface area contributed by atoms with Crippen molar-refractivity contribution in [2.75, 3.05) is 0 Å². The lowest BCUT2D eigenvalue weighted by Crippen LogP contribution is -2.37. The molecule has 7 heteroatoms. The number of H-pyrrole nitrogens is 1. The van der Waals surface area contributed by atoms with Crippen LogP contribution in [-0.4, -0.2) is 15.5 Å². The first kappa shape index (κ1) is 18.1. The smallest absolute Gasteiger partial charge is 0.329 e. The third-order valence-corrected chi connectivity index (χ3v) is 4.75. The van der Waals surface area contributed by atoms with Crippen molar-refractivity contribution >= 4 is 32.7 Å². The topological polar surface area (TPSA) is 84.0 Å². The maximum absolute atomic E-state index is 12.5. The van der Waals surface area contributed by atoms with Crippen LogP contribution in [-0.2, 0) is 11.3 Å². The van der Waals surface area contributed by atoms with Crippen LogP contribution in [0.15, 0.2) is 62.6 Å². The summed E-state index contributed by atoms with van der Waals surface area (Å²) in [5, 5.41) is 3.33. The molecule has 1 amide bonds. The van der Waals surface area contributed by atoms with Gasteiger partial charge in [-0.15, -0.1) is 0 Å². The summed E-state index contributed by atoms with van der Waals surface area (Å²) in [5.74, 6) is -0.293. The minimum absolute atomic E-state index is 0.152. The number of hydrogen-bond donors (Lipinski definition) is 2. The zero-order valence-electron chi connectivity index (χ0n) is 14.2. The van der Waals surface area contributed by atoms with Gasteiger partial charge in [0.05, 0.1) is 16.9 Å². The molecule has 2 aromatic carbocycles. The molecule has 1 aromatic heterocycles. The molecule has 1 heterocycles. The first-order valence-corrected chi connectivity index (χ1v) is 9.05. The molecular weight excluding hydrogens is 398 g/mol. The summed E-state index contributed by atoms with van der Waals surface area (Å²) in [4.78, 5) is 38.9. The molecule has 6 nitrogen and oxygen atoms in total. The Morgan fingerprint density at radius 3 is 2.54 bits per heavy atom. The summed E-state index contributed by atoms with van der Waals surface area (Å²) in [6, 6.07) is 14.3. The number of fused-ring (bicyclic) bond motifs is 1. The van der Waals surface area contributed by atoms with Gasteiger partial charge in [-0.3, -0.25) is 19.1 Å². The molecule has 0 saturated heterocycles. The van der Waals surface area contributed by atoms with Crippen molar-refractivity contribution in [3.05, 3.63) is 79.4 Å². The molecule has 0 radical (unpaired) electrons. The highest BCUT2D eigenvalue weighted by molar-refractivity contribution is 9.10. The molecule has 1 unspecified atom stereocenters. The second-order valence-electron chi connectivity index (χ2n) is 5.94. The Morgan fingerprint density at radius 1 is 1.15 bits per heavy atom. The molecule has 26 heavy (non-hydrogen) atoms. The maximum atomic E-state index is 12.5. The Hall–Kier alpha value is -2.67. The van der Waals surface area contributed by atoms with Crippen LogP contribution in [0.5, 0.6) is 0 Å². The number of halogens is 1. The first-order chi connectivity index (χ1) is 12.5. The summed E-state index contributed by atoms with van der Waals surface area (Å²) in [6.45, 7) is 1.82. The normalized spacial score (nSPS) is 12.1. The zero-order valence-corrected chi connectivity index (χ0v) is 15.7. The number of carbonyl (C=O) groups is 1. The van der Waals surface area contributed by atoms with E-state index >= 15 is 0 Å². The highest BCUT2D eigenvalue weighted by Crippen LogP contribution is 2.19. The SMILES string of the molecule is CCC(NC(=O)Cn1c(=O)[nH]c(=O)c2ccccc21)c1ccc(Br)cc1.